The Morgan fingerprint density at radius 1 is 1.08 bits per heavy atom. The lowest BCUT2D eigenvalue weighted by atomic mass is 9.72. The highest BCUT2D eigenvalue weighted by atomic mass is 35.5. The molecule has 2 aliphatic heterocycles. The number of amides is 2. The van der Waals surface area contributed by atoms with Crippen LogP contribution in [0.25, 0.3) is 0 Å². The number of carbonyl (C=O) groups is 3. The number of carboxylic acid groups (broad SMARTS) is 1. The molecule has 3 fully saturated rings. The van der Waals surface area contributed by atoms with Gasteiger partial charge >= 0.3 is 5.97 Å². The maximum absolute atomic E-state index is 14.3. The third kappa shape index (κ3) is 4.00. The van der Waals surface area contributed by atoms with Crippen molar-refractivity contribution in [3.05, 3.63) is 50.7 Å². The van der Waals surface area contributed by atoms with Gasteiger partial charge in [0.05, 0.1) is 27.9 Å². The van der Waals surface area contributed by atoms with Crippen LogP contribution in [0.1, 0.15) is 74.4 Å². The van der Waals surface area contributed by atoms with Crippen LogP contribution in [0, 0.1) is 17.8 Å². The van der Waals surface area contributed by atoms with E-state index in [4.69, 9.17) is 11.6 Å². The molecule has 8 heteroatoms. The van der Waals surface area contributed by atoms with Crippen LogP contribution in [0.15, 0.2) is 30.3 Å². The average Bonchev–Trinajstić information content (AvgIpc) is 3.53. The van der Waals surface area contributed by atoms with E-state index in [1.165, 1.54) is 16.2 Å². The van der Waals surface area contributed by atoms with Crippen LogP contribution in [-0.4, -0.2) is 28.4 Å². The summed E-state index contributed by atoms with van der Waals surface area (Å²) < 4.78 is 0.571. The van der Waals surface area contributed by atoms with E-state index in [1.54, 1.807) is 6.07 Å². The number of hydrogen-bond donors (Lipinski definition) is 2. The fraction of sp³-hybridized carbons (Fsp3) is 0.536. The van der Waals surface area contributed by atoms with Crippen molar-refractivity contribution in [2.45, 2.75) is 76.8 Å². The number of carboxylic acids is 1. The van der Waals surface area contributed by atoms with Crippen molar-refractivity contribution in [1.82, 2.24) is 5.32 Å². The SMILES string of the molecule is CCc1cccc(CC)c1N1C(=O)C2C(c3ccc(Cl)s3)NC(CC3CCCCC3)(C(=O)O)C2C1=O. The third-order valence-electron chi connectivity index (χ3n) is 8.46. The Labute approximate surface area is 221 Å². The Morgan fingerprint density at radius 2 is 1.75 bits per heavy atom. The maximum atomic E-state index is 14.3. The summed E-state index contributed by atoms with van der Waals surface area (Å²) >= 11 is 7.59. The Morgan fingerprint density at radius 3 is 2.31 bits per heavy atom. The molecule has 36 heavy (non-hydrogen) atoms. The number of anilines is 1. The van der Waals surface area contributed by atoms with Gasteiger partial charge in [-0.3, -0.25) is 19.7 Å². The molecular formula is C28H33ClN2O4S. The van der Waals surface area contributed by atoms with Gasteiger partial charge in [-0.2, -0.15) is 0 Å². The number of hydrogen-bond acceptors (Lipinski definition) is 5. The van der Waals surface area contributed by atoms with Crippen LogP contribution in [0.4, 0.5) is 5.69 Å². The number of fused-ring (bicyclic) bond motifs is 1. The van der Waals surface area contributed by atoms with Gasteiger partial charge < -0.3 is 5.11 Å². The minimum absolute atomic E-state index is 0.208. The Kier molecular flexibility index (Phi) is 7.01. The minimum Gasteiger partial charge on any atom is -0.480 e. The smallest absolute Gasteiger partial charge is 0.324 e. The second-order valence-electron chi connectivity index (χ2n) is 10.4. The van der Waals surface area contributed by atoms with Gasteiger partial charge in [-0.05, 0) is 48.4 Å². The largest absolute Gasteiger partial charge is 0.480 e. The molecule has 1 aromatic carbocycles. The number of aryl methyl sites for hydroxylation is 2. The molecule has 6 nitrogen and oxygen atoms in total. The first kappa shape index (κ1) is 25.4. The summed E-state index contributed by atoms with van der Waals surface area (Å²) in [6.45, 7) is 4.01. The van der Waals surface area contributed by atoms with Crippen molar-refractivity contribution in [2.75, 3.05) is 4.90 Å². The molecule has 2 amide bonds. The van der Waals surface area contributed by atoms with Crippen LogP contribution in [0.3, 0.4) is 0 Å². The molecule has 0 spiro atoms. The molecule has 192 valence electrons. The Hall–Kier alpha value is -2.22. The highest BCUT2D eigenvalue weighted by Crippen LogP contribution is 2.54. The summed E-state index contributed by atoms with van der Waals surface area (Å²) in [5.41, 5.74) is 0.996. The average molecular weight is 529 g/mol. The van der Waals surface area contributed by atoms with Crippen molar-refractivity contribution in [3.63, 3.8) is 0 Å². The number of imide groups is 1. The van der Waals surface area contributed by atoms with Crippen LogP contribution in [0.2, 0.25) is 4.34 Å². The van der Waals surface area contributed by atoms with E-state index in [1.807, 2.05) is 38.1 Å². The molecule has 3 aliphatic rings. The van der Waals surface area contributed by atoms with E-state index in [-0.39, 0.29) is 11.8 Å². The highest BCUT2D eigenvalue weighted by molar-refractivity contribution is 7.16. The van der Waals surface area contributed by atoms with Crippen molar-refractivity contribution in [2.24, 2.45) is 17.8 Å². The zero-order chi connectivity index (χ0) is 25.6. The van der Waals surface area contributed by atoms with Crippen LogP contribution >= 0.6 is 22.9 Å². The second-order valence-corrected chi connectivity index (χ2v) is 12.1. The molecule has 2 N–H and O–H groups in total. The predicted molar refractivity (Wildman–Crippen MR) is 141 cm³/mol. The number of carbonyl (C=O) groups excluding carboxylic acids is 2. The fourth-order valence-corrected chi connectivity index (χ4v) is 7.94. The first-order valence-electron chi connectivity index (χ1n) is 13.1. The van der Waals surface area contributed by atoms with Gasteiger partial charge in [-0.1, -0.05) is 75.8 Å². The van der Waals surface area contributed by atoms with Gasteiger partial charge in [0, 0.05) is 4.88 Å². The van der Waals surface area contributed by atoms with Crippen molar-refractivity contribution < 1.29 is 19.5 Å². The zero-order valence-corrected chi connectivity index (χ0v) is 22.3. The van der Waals surface area contributed by atoms with E-state index >= 15 is 0 Å². The lowest BCUT2D eigenvalue weighted by Gasteiger charge is -2.35. The Bertz CT molecular complexity index is 1170. The predicted octanol–water partition coefficient (Wildman–Crippen LogP) is 5.77. The molecule has 0 radical (unpaired) electrons. The number of halogens is 1. The summed E-state index contributed by atoms with van der Waals surface area (Å²) in [7, 11) is 0. The summed E-state index contributed by atoms with van der Waals surface area (Å²) in [5, 5.41) is 14.1. The molecule has 1 saturated carbocycles. The number of thiophene rings is 1. The summed E-state index contributed by atoms with van der Waals surface area (Å²) in [6.07, 6.45) is 6.89. The topological polar surface area (TPSA) is 86.7 Å². The number of rotatable bonds is 7. The minimum atomic E-state index is -1.50. The van der Waals surface area contributed by atoms with Crippen LogP contribution < -0.4 is 10.2 Å². The van der Waals surface area contributed by atoms with Crippen LogP contribution in [-0.2, 0) is 27.2 Å². The number of aliphatic carboxylic acids is 1. The quantitative estimate of drug-likeness (QED) is 0.445. The number of nitrogens with one attached hydrogen (secondary N) is 1. The van der Waals surface area contributed by atoms with Gasteiger partial charge in [0.1, 0.15) is 5.54 Å². The van der Waals surface area contributed by atoms with Crippen molar-refractivity contribution >= 4 is 46.4 Å². The molecule has 2 saturated heterocycles. The van der Waals surface area contributed by atoms with E-state index < -0.39 is 35.3 Å². The van der Waals surface area contributed by atoms with Gasteiger partial charge in [-0.15, -0.1) is 11.3 Å². The first-order valence-corrected chi connectivity index (χ1v) is 14.3. The molecule has 1 aliphatic carbocycles. The van der Waals surface area contributed by atoms with Gasteiger partial charge in [0.25, 0.3) is 0 Å². The monoisotopic (exact) mass is 528 g/mol. The van der Waals surface area contributed by atoms with Crippen molar-refractivity contribution in [3.8, 4) is 0 Å². The molecule has 5 rings (SSSR count). The van der Waals surface area contributed by atoms with Crippen LogP contribution in [0.5, 0.6) is 0 Å². The second kappa shape index (κ2) is 9.92. The number of benzene rings is 1. The molecule has 4 atom stereocenters. The fourth-order valence-electron chi connectivity index (χ4n) is 6.78. The zero-order valence-electron chi connectivity index (χ0n) is 20.8. The van der Waals surface area contributed by atoms with Crippen molar-refractivity contribution in [1.29, 1.82) is 0 Å². The lowest BCUT2D eigenvalue weighted by molar-refractivity contribution is -0.150. The first-order chi connectivity index (χ1) is 17.3. The number of nitrogens with zero attached hydrogens (tertiary/aromatic N) is 1. The third-order valence-corrected chi connectivity index (χ3v) is 9.77. The molecule has 1 aromatic heterocycles. The van der Waals surface area contributed by atoms with E-state index in [0.29, 0.717) is 29.3 Å². The molecule has 3 heterocycles. The lowest BCUT2D eigenvalue weighted by Crippen LogP contribution is -2.57. The standard InChI is InChI=1S/C28H33ClN2O4S/c1-3-17-11-8-12-18(4-2)24(17)31-25(32)21-22(26(31)33)28(27(34)35,15-16-9-6-5-7-10-16)30-23(21)19-13-14-20(29)36-19/h8,11-14,16,21-23,30H,3-7,9-10,15H2,1-2H3,(H,34,35). The summed E-state index contributed by atoms with van der Waals surface area (Å²) in [5.74, 6) is -3.30. The molecule has 4 unspecified atom stereocenters. The number of para-hydroxylation sites is 1. The van der Waals surface area contributed by atoms with E-state index in [0.717, 1.165) is 48.1 Å². The summed E-state index contributed by atoms with van der Waals surface area (Å²) in [4.78, 5) is 43.6. The van der Waals surface area contributed by atoms with Gasteiger partial charge in [-0.25, -0.2) is 4.90 Å². The maximum Gasteiger partial charge on any atom is 0.324 e. The normalized spacial score (nSPS) is 28.6. The van der Waals surface area contributed by atoms with Gasteiger partial charge in [0.2, 0.25) is 11.8 Å². The molecule has 2 aromatic rings. The van der Waals surface area contributed by atoms with E-state index in [9.17, 15) is 19.5 Å². The highest BCUT2D eigenvalue weighted by Gasteiger charge is 2.69. The Balaban J connectivity index is 1.65. The van der Waals surface area contributed by atoms with E-state index in [2.05, 4.69) is 5.32 Å². The molecular weight excluding hydrogens is 496 g/mol. The summed E-state index contributed by atoms with van der Waals surface area (Å²) in [6, 6.07) is 8.89. The van der Waals surface area contributed by atoms with Gasteiger partial charge in [0.15, 0.2) is 0 Å². The molecule has 0 bridgehead atoms.